The van der Waals surface area contributed by atoms with Crippen LogP contribution in [0.2, 0.25) is 0 Å². The van der Waals surface area contributed by atoms with E-state index >= 15 is 0 Å². The Morgan fingerprint density at radius 3 is 2.94 bits per heavy atom. The van der Waals surface area contributed by atoms with Gasteiger partial charge in [-0.3, -0.25) is 4.79 Å². The van der Waals surface area contributed by atoms with E-state index in [9.17, 15) is 4.79 Å². The van der Waals surface area contributed by atoms with Gasteiger partial charge in [-0.05, 0) is 19.1 Å². The molecule has 90 valence electrons. The number of rotatable bonds is 4. The van der Waals surface area contributed by atoms with Crippen molar-refractivity contribution < 1.29 is 4.79 Å². The number of nitrogens with zero attached hydrogens (tertiary/aromatic N) is 2. The highest BCUT2D eigenvalue weighted by Crippen LogP contribution is 2.29. The van der Waals surface area contributed by atoms with Gasteiger partial charge < -0.3 is 4.90 Å². The first kappa shape index (κ1) is 12.4. The fourth-order valence-corrected chi connectivity index (χ4v) is 3.33. The molecule has 0 aliphatic carbocycles. The zero-order chi connectivity index (χ0) is 12.3. The maximum atomic E-state index is 11.6. The lowest BCUT2D eigenvalue weighted by Crippen LogP contribution is -2.27. The third-order valence-corrected chi connectivity index (χ3v) is 4.66. The molecule has 1 amide bonds. The lowest BCUT2D eigenvalue weighted by Gasteiger charge is -2.12. The Bertz CT molecular complexity index is 491. The molecule has 0 bridgehead atoms. The van der Waals surface area contributed by atoms with Crippen molar-refractivity contribution >= 4 is 39.2 Å². The smallest absolute Gasteiger partial charge is 0.232 e. The Kier molecular flexibility index (Phi) is 4.02. The van der Waals surface area contributed by atoms with E-state index in [1.165, 1.54) is 16.5 Å². The van der Waals surface area contributed by atoms with Crippen molar-refractivity contribution in [2.45, 2.75) is 11.3 Å². The van der Waals surface area contributed by atoms with Crippen molar-refractivity contribution in [1.29, 1.82) is 0 Å². The van der Waals surface area contributed by atoms with Gasteiger partial charge in [0.15, 0.2) is 4.34 Å². The lowest BCUT2D eigenvalue weighted by atomic mass is 10.3. The Balaban J connectivity index is 2.02. The molecule has 0 saturated carbocycles. The van der Waals surface area contributed by atoms with Gasteiger partial charge in [-0.15, -0.1) is 11.3 Å². The fraction of sp³-hybridized carbons (Fsp3) is 0.333. The van der Waals surface area contributed by atoms with E-state index in [4.69, 9.17) is 0 Å². The first-order valence-corrected chi connectivity index (χ1v) is 7.23. The number of hydrogen-bond acceptors (Lipinski definition) is 4. The molecule has 0 aliphatic rings. The van der Waals surface area contributed by atoms with Crippen molar-refractivity contribution in [2.24, 2.45) is 0 Å². The van der Waals surface area contributed by atoms with Crippen LogP contribution in [0, 0.1) is 0 Å². The van der Waals surface area contributed by atoms with Crippen LogP contribution in [-0.2, 0) is 4.79 Å². The number of carbonyl (C=O) groups excluding carboxylic acids is 1. The van der Waals surface area contributed by atoms with Gasteiger partial charge in [0.1, 0.15) is 0 Å². The van der Waals surface area contributed by atoms with Crippen molar-refractivity contribution in [3.63, 3.8) is 0 Å². The minimum atomic E-state index is 0.150. The van der Waals surface area contributed by atoms with Crippen LogP contribution in [0.3, 0.4) is 0 Å². The average molecular weight is 266 g/mol. The summed E-state index contributed by atoms with van der Waals surface area (Å²) in [5.41, 5.74) is 1.01. The molecular weight excluding hydrogens is 252 g/mol. The van der Waals surface area contributed by atoms with E-state index in [1.54, 1.807) is 16.2 Å². The van der Waals surface area contributed by atoms with Gasteiger partial charge in [0.05, 0.1) is 16.0 Å². The predicted octanol–water partition coefficient (Wildman–Crippen LogP) is 2.87. The third kappa shape index (κ3) is 2.98. The van der Waals surface area contributed by atoms with Crippen molar-refractivity contribution in [3.05, 3.63) is 24.3 Å². The molecule has 2 rings (SSSR count). The molecule has 0 aliphatic heterocycles. The molecule has 3 nitrogen and oxygen atoms in total. The maximum absolute atomic E-state index is 11.6. The molecule has 0 atom stereocenters. The number of amides is 1. The highest BCUT2D eigenvalue weighted by atomic mass is 32.2. The van der Waals surface area contributed by atoms with Gasteiger partial charge in [-0.1, -0.05) is 23.9 Å². The van der Waals surface area contributed by atoms with Crippen molar-refractivity contribution in [2.75, 3.05) is 19.3 Å². The number of aromatic nitrogens is 1. The molecule has 5 heteroatoms. The van der Waals surface area contributed by atoms with Crippen LogP contribution in [0.15, 0.2) is 28.6 Å². The number of thioether (sulfide) groups is 1. The van der Waals surface area contributed by atoms with Gasteiger partial charge in [-0.25, -0.2) is 4.98 Å². The largest absolute Gasteiger partial charge is 0.345 e. The maximum Gasteiger partial charge on any atom is 0.232 e. The normalized spacial score (nSPS) is 10.7. The zero-order valence-electron chi connectivity index (χ0n) is 9.84. The molecule has 17 heavy (non-hydrogen) atoms. The van der Waals surface area contributed by atoms with Crippen LogP contribution in [0.25, 0.3) is 10.2 Å². The number of carbonyl (C=O) groups is 1. The summed E-state index contributed by atoms with van der Waals surface area (Å²) in [5.74, 6) is 0.612. The fourth-order valence-electron chi connectivity index (χ4n) is 1.32. The van der Waals surface area contributed by atoms with E-state index in [1.807, 2.05) is 32.2 Å². The summed E-state index contributed by atoms with van der Waals surface area (Å²) in [6.07, 6.45) is 0. The average Bonchev–Trinajstić information content (AvgIpc) is 2.77. The number of thiazole rings is 1. The topological polar surface area (TPSA) is 33.2 Å². The van der Waals surface area contributed by atoms with Gasteiger partial charge >= 0.3 is 0 Å². The molecule has 0 saturated heterocycles. The number of hydrogen-bond donors (Lipinski definition) is 0. The Morgan fingerprint density at radius 1 is 1.47 bits per heavy atom. The second-order valence-corrected chi connectivity index (χ2v) is 5.90. The summed E-state index contributed by atoms with van der Waals surface area (Å²) in [4.78, 5) is 17.8. The molecule has 1 aromatic carbocycles. The molecular formula is C12H14N2OS2. The summed E-state index contributed by atoms with van der Waals surface area (Å²) < 4.78 is 2.13. The first-order chi connectivity index (χ1) is 8.20. The van der Waals surface area contributed by atoms with E-state index < -0.39 is 0 Å². The first-order valence-electron chi connectivity index (χ1n) is 5.43. The van der Waals surface area contributed by atoms with Crippen LogP contribution in [0.1, 0.15) is 6.92 Å². The second-order valence-electron chi connectivity index (χ2n) is 3.64. The number of benzene rings is 1. The van der Waals surface area contributed by atoms with Crippen LogP contribution in [-0.4, -0.2) is 35.1 Å². The standard InChI is InChI=1S/C12H14N2OS2/c1-3-14(2)11(15)8-16-12-13-9-6-4-5-7-10(9)17-12/h4-7H,3,8H2,1-2H3. The van der Waals surface area contributed by atoms with Gasteiger partial charge in [0.25, 0.3) is 0 Å². The third-order valence-electron chi connectivity index (χ3n) is 2.49. The minimum absolute atomic E-state index is 0.150. The SMILES string of the molecule is CCN(C)C(=O)CSc1nc2ccccc2s1. The highest BCUT2D eigenvalue weighted by molar-refractivity contribution is 8.01. The quantitative estimate of drug-likeness (QED) is 0.798. The van der Waals surface area contributed by atoms with E-state index in [-0.39, 0.29) is 5.91 Å². The van der Waals surface area contributed by atoms with E-state index in [0.717, 1.165) is 16.4 Å². The van der Waals surface area contributed by atoms with E-state index in [0.29, 0.717) is 5.75 Å². The summed E-state index contributed by atoms with van der Waals surface area (Å²) in [7, 11) is 1.82. The Morgan fingerprint density at radius 2 is 2.24 bits per heavy atom. The van der Waals surface area contributed by atoms with Gasteiger partial charge in [-0.2, -0.15) is 0 Å². The summed E-state index contributed by atoms with van der Waals surface area (Å²) in [5, 5.41) is 0. The molecule has 2 aromatic rings. The van der Waals surface area contributed by atoms with Crippen LogP contribution < -0.4 is 0 Å². The molecule has 0 N–H and O–H groups in total. The summed E-state index contributed by atoms with van der Waals surface area (Å²) in [6, 6.07) is 8.03. The molecule has 0 radical (unpaired) electrons. The van der Waals surface area contributed by atoms with E-state index in [2.05, 4.69) is 11.1 Å². The Hall–Kier alpha value is -1.07. The minimum Gasteiger partial charge on any atom is -0.345 e. The van der Waals surface area contributed by atoms with Gasteiger partial charge in [0, 0.05) is 13.6 Å². The molecule has 0 fully saturated rings. The molecule has 0 spiro atoms. The summed E-state index contributed by atoms with van der Waals surface area (Å²) in [6.45, 7) is 2.72. The number of para-hydroxylation sites is 1. The number of fused-ring (bicyclic) bond motifs is 1. The molecule has 1 aromatic heterocycles. The Labute approximate surface area is 109 Å². The zero-order valence-corrected chi connectivity index (χ0v) is 11.5. The lowest BCUT2D eigenvalue weighted by molar-refractivity contribution is -0.126. The predicted molar refractivity (Wildman–Crippen MR) is 73.7 cm³/mol. The highest BCUT2D eigenvalue weighted by Gasteiger charge is 2.09. The van der Waals surface area contributed by atoms with Crippen LogP contribution in [0.4, 0.5) is 0 Å². The van der Waals surface area contributed by atoms with Crippen LogP contribution >= 0.6 is 23.1 Å². The second kappa shape index (κ2) is 5.51. The monoisotopic (exact) mass is 266 g/mol. The summed E-state index contributed by atoms with van der Waals surface area (Å²) >= 11 is 3.15. The molecule has 1 heterocycles. The molecule has 0 unspecified atom stereocenters. The van der Waals surface area contributed by atoms with Crippen molar-refractivity contribution in [3.8, 4) is 0 Å². The van der Waals surface area contributed by atoms with Crippen LogP contribution in [0.5, 0.6) is 0 Å². The van der Waals surface area contributed by atoms with Gasteiger partial charge in [0.2, 0.25) is 5.91 Å². The van der Waals surface area contributed by atoms with Crippen molar-refractivity contribution in [1.82, 2.24) is 9.88 Å².